The fraction of sp³-hybridized carbons (Fsp3) is 0.750. The molecule has 0 amide bonds. The first-order chi connectivity index (χ1) is 6.18. The van der Waals surface area contributed by atoms with Crippen LogP contribution in [0.25, 0.3) is 0 Å². The summed E-state index contributed by atoms with van der Waals surface area (Å²) in [5.41, 5.74) is 0. The van der Waals surface area contributed by atoms with Crippen LogP contribution in [0.3, 0.4) is 0 Å². The van der Waals surface area contributed by atoms with Crippen molar-refractivity contribution in [3.63, 3.8) is 0 Å². The highest BCUT2D eigenvalue weighted by atomic mass is 16.6. The predicted octanol–water partition coefficient (Wildman–Crippen LogP) is -0.592. The van der Waals surface area contributed by atoms with Crippen LogP contribution in [0.4, 0.5) is 0 Å². The maximum absolute atomic E-state index is 11.0. The standard InChI is InChI=1S/C8H13NO4/c1-7(10)13-8(11)6-9-2-4-12-5-3-9/h2-6H2,1H3. The third-order valence-corrected chi connectivity index (χ3v) is 1.71. The lowest BCUT2D eigenvalue weighted by Gasteiger charge is -2.24. The Balaban J connectivity index is 2.22. The molecule has 1 saturated heterocycles. The molecule has 0 radical (unpaired) electrons. The molecule has 5 nitrogen and oxygen atoms in total. The first kappa shape index (κ1) is 10.1. The van der Waals surface area contributed by atoms with E-state index in [1.807, 2.05) is 4.90 Å². The van der Waals surface area contributed by atoms with Crippen molar-refractivity contribution in [3.05, 3.63) is 0 Å². The smallest absolute Gasteiger partial charge is 0.327 e. The van der Waals surface area contributed by atoms with E-state index in [0.29, 0.717) is 26.3 Å². The Kier molecular flexibility index (Phi) is 3.85. The van der Waals surface area contributed by atoms with E-state index in [9.17, 15) is 9.59 Å². The van der Waals surface area contributed by atoms with Crippen molar-refractivity contribution >= 4 is 11.9 Å². The van der Waals surface area contributed by atoms with E-state index in [0.717, 1.165) is 0 Å². The Bertz CT molecular complexity index is 198. The van der Waals surface area contributed by atoms with Crippen LogP contribution in [0, 0.1) is 0 Å². The first-order valence-corrected chi connectivity index (χ1v) is 4.20. The molecule has 0 aromatic carbocycles. The molecular formula is C8H13NO4. The fourth-order valence-corrected chi connectivity index (χ4v) is 1.13. The number of carbonyl (C=O) groups is 2. The number of morpholine rings is 1. The van der Waals surface area contributed by atoms with E-state index in [2.05, 4.69) is 4.74 Å². The van der Waals surface area contributed by atoms with Crippen LogP contribution in [-0.4, -0.2) is 49.7 Å². The van der Waals surface area contributed by atoms with Crippen molar-refractivity contribution in [3.8, 4) is 0 Å². The second kappa shape index (κ2) is 4.94. The van der Waals surface area contributed by atoms with Gasteiger partial charge in [-0.1, -0.05) is 0 Å². The van der Waals surface area contributed by atoms with Crippen LogP contribution in [0.5, 0.6) is 0 Å². The normalized spacial score (nSPS) is 18.2. The molecule has 74 valence electrons. The Morgan fingerprint density at radius 3 is 2.54 bits per heavy atom. The second-order valence-electron chi connectivity index (χ2n) is 2.85. The molecule has 0 aliphatic carbocycles. The third-order valence-electron chi connectivity index (χ3n) is 1.71. The molecule has 13 heavy (non-hydrogen) atoms. The van der Waals surface area contributed by atoms with Gasteiger partial charge >= 0.3 is 11.9 Å². The lowest BCUT2D eigenvalue weighted by atomic mass is 10.4. The van der Waals surface area contributed by atoms with Gasteiger partial charge in [0.05, 0.1) is 19.8 Å². The van der Waals surface area contributed by atoms with E-state index >= 15 is 0 Å². The molecule has 1 aliphatic rings. The Morgan fingerprint density at radius 1 is 1.38 bits per heavy atom. The van der Waals surface area contributed by atoms with Gasteiger partial charge in [-0.25, -0.2) is 0 Å². The van der Waals surface area contributed by atoms with Crippen LogP contribution in [0.1, 0.15) is 6.92 Å². The van der Waals surface area contributed by atoms with Gasteiger partial charge in [0.2, 0.25) is 0 Å². The topological polar surface area (TPSA) is 55.8 Å². The van der Waals surface area contributed by atoms with Gasteiger partial charge in [0.25, 0.3) is 0 Å². The van der Waals surface area contributed by atoms with Crippen LogP contribution in [0.15, 0.2) is 0 Å². The van der Waals surface area contributed by atoms with Crippen molar-refractivity contribution in [2.24, 2.45) is 0 Å². The Labute approximate surface area is 76.6 Å². The summed E-state index contributed by atoms with van der Waals surface area (Å²) in [5.74, 6) is -1.05. The van der Waals surface area contributed by atoms with Crippen LogP contribution in [-0.2, 0) is 19.1 Å². The van der Waals surface area contributed by atoms with Gasteiger partial charge in [0, 0.05) is 20.0 Å². The summed E-state index contributed by atoms with van der Waals surface area (Å²) in [5, 5.41) is 0. The number of ether oxygens (including phenoxy) is 2. The van der Waals surface area contributed by atoms with Gasteiger partial charge in [0.15, 0.2) is 0 Å². The van der Waals surface area contributed by atoms with Crippen molar-refractivity contribution in [2.45, 2.75) is 6.92 Å². The Hall–Kier alpha value is -0.940. The summed E-state index contributed by atoms with van der Waals surface area (Å²) in [6, 6.07) is 0. The number of carbonyl (C=O) groups excluding carboxylic acids is 2. The summed E-state index contributed by atoms with van der Waals surface area (Å²) >= 11 is 0. The number of nitrogens with zero attached hydrogens (tertiary/aromatic N) is 1. The van der Waals surface area contributed by atoms with Gasteiger partial charge < -0.3 is 9.47 Å². The second-order valence-corrected chi connectivity index (χ2v) is 2.85. The molecule has 0 aromatic heterocycles. The highest BCUT2D eigenvalue weighted by Crippen LogP contribution is 1.96. The maximum Gasteiger partial charge on any atom is 0.327 e. The molecule has 0 saturated carbocycles. The third kappa shape index (κ3) is 4.00. The van der Waals surface area contributed by atoms with Crippen LogP contribution in [0.2, 0.25) is 0 Å². The predicted molar refractivity (Wildman–Crippen MR) is 44.0 cm³/mol. The van der Waals surface area contributed by atoms with E-state index in [4.69, 9.17) is 4.74 Å². The van der Waals surface area contributed by atoms with Gasteiger partial charge in [-0.15, -0.1) is 0 Å². The molecule has 0 spiro atoms. The zero-order valence-corrected chi connectivity index (χ0v) is 7.62. The van der Waals surface area contributed by atoms with Crippen molar-refractivity contribution in [1.82, 2.24) is 4.90 Å². The lowest BCUT2D eigenvalue weighted by Crippen LogP contribution is -2.40. The molecule has 0 atom stereocenters. The fourth-order valence-electron chi connectivity index (χ4n) is 1.13. The SMILES string of the molecule is CC(=O)OC(=O)CN1CCOCC1. The molecule has 5 heteroatoms. The quantitative estimate of drug-likeness (QED) is 0.427. The monoisotopic (exact) mass is 187 g/mol. The molecular weight excluding hydrogens is 174 g/mol. The summed E-state index contributed by atoms with van der Waals surface area (Å²) in [6.07, 6.45) is 0. The molecule has 0 bridgehead atoms. The summed E-state index contributed by atoms with van der Waals surface area (Å²) in [6.45, 7) is 4.08. The van der Waals surface area contributed by atoms with E-state index in [1.54, 1.807) is 0 Å². The Morgan fingerprint density at radius 2 is 2.00 bits per heavy atom. The number of hydrogen-bond donors (Lipinski definition) is 0. The summed E-state index contributed by atoms with van der Waals surface area (Å²) in [4.78, 5) is 23.3. The van der Waals surface area contributed by atoms with Gasteiger partial charge in [0.1, 0.15) is 0 Å². The van der Waals surface area contributed by atoms with Gasteiger partial charge in [-0.05, 0) is 0 Å². The zero-order valence-electron chi connectivity index (χ0n) is 7.62. The van der Waals surface area contributed by atoms with Crippen molar-refractivity contribution < 1.29 is 19.1 Å². The van der Waals surface area contributed by atoms with Gasteiger partial charge in [-0.3, -0.25) is 14.5 Å². The number of rotatable bonds is 2. The molecule has 1 fully saturated rings. The lowest BCUT2D eigenvalue weighted by molar-refractivity contribution is -0.159. The molecule has 1 aliphatic heterocycles. The summed E-state index contributed by atoms with van der Waals surface area (Å²) < 4.78 is 9.49. The minimum atomic E-state index is -0.557. The van der Waals surface area contributed by atoms with Crippen LogP contribution >= 0.6 is 0 Å². The average Bonchev–Trinajstić information content (AvgIpc) is 2.04. The van der Waals surface area contributed by atoms with E-state index < -0.39 is 11.9 Å². The van der Waals surface area contributed by atoms with Crippen molar-refractivity contribution in [1.29, 1.82) is 0 Å². The molecule has 0 N–H and O–H groups in total. The average molecular weight is 187 g/mol. The summed E-state index contributed by atoms with van der Waals surface area (Å²) in [7, 11) is 0. The molecule has 0 unspecified atom stereocenters. The highest BCUT2D eigenvalue weighted by Gasteiger charge is 2.15. The molecule has 1 heterocycles. The highest BCUT2D eigenvalue weighted by molar-refractivity contribution is 5.85. The zero-order chi connectivity index (χ0) is 9.68. The minimum absolute atomic E-state index is 0.170. The van der Waals surface area contributed by atoms with Crippen LogP contribution < -0.4 is 0 Å². The van der Waals surface area contributed by atoms with Gasteiger partial charge in [-0.2, -0.15) is 0 Å². The minimum Gasteiger partial charge on any atom is -0.392 e. The van der Waals surface area contributed by atoms with E-state index in [-0.39, 0.29) is 6.54 Å². The van der Waals surface area contributed by atoms with Crippen molar-refractivity contribution in [2.75, 3.05) is 32.8 Å². The van der Waals surface area contributed by atoms with E-state index in [1.165, 1.54) is 6.92 Å². The molecule has 0 aromatic rings. The number of hydrogen-bond acceptors (Lipinski definition) is 5. The largest absolute Gasteiger partial charge is 0.392 e. The maximum atomic E-state index is 11.0. The molecule has 1 rings (SSSR count). The number of esters is 2. The first-order valence-electron chi connectivity index (χ1n) is 4.20.